The first-order valence-corrected chi connectivity index (χ1v) is 24.7. The quantitative estimate of drug-likeness (QED) is 0.174. The van der Waals surface area contributed by atoms with E-state index in [0.29, 0.717) is 0 Å². The van der Waals surface area contributed by atoms with E-state index in [4.69, 9.17) is 4.21 Å². The molecule has 0 saturated heterocycles. The minimum absolute atomic E-state index is 0.0173. The molecule has 6 rings (SSSR count). The Labute approximate surface area is 293 Å². The molecule has 0 radical (unpaired) electrons. The van der Waals surface area contributed by atoms with Crippen LogP contribution in [0.25, 0.3) is 11.1 Å². The Bertz CT molecular complexity index is 1950. The average Bonchev–Trinajstić information content (AvgIpc) is 3.68. The van der Waals surface area contributed by atoms with E-state index in [-0.39, 0.29) is 21.7 Å². The van der Waals surface area contributed by atoms with Crippen LogP contribution in [0.3, 0.4) is 0 Å². The fraction of sp³-hybridized carbons (Fsp3) is 0.383. The van der Waals surface area contributed by atoms with E-state index in [1.54, 1.807) is 0 Å². The van der Waals surface area contributed by atoms with Gasteiger partial charge in [-0.05, 0) is 0 Å². The van der Waals surface area contributed by atoms with E-state index in [2.05, 4.69) is 180 Å². The second-order valence-electron chi connectivity index (χ2n) is 19.0. The summed E-state index contributed by atoms with van der Waals surface area (Å²) in [6, 6.07) is 32.0. The van der Waals surface area contributed by atoms with E-state index in [0.717, 1.165) is 12.8 Å². The summed E-state index contributed by atoms with van der Waals surface area (Å²) in [6.07, 6.45) is 9.00. The Hall–Kier alpha value is -2.89. The molecule has 0 amide bonds. The molecule has 0 aliphatic heterocycles. The molecule has 2 aliphatic carbocycles. The molecule has 0 saturated carbocycles. The maximum absolute atomic E-state index is 5.80. The summed E-state index contributed by atoms with van der Waals surface area (Å²) in [5, 5.41) is 0. The molecule has 4 aromatic rings. The summed E-state index contributed by atoms with van der Waals surface area (Å²) in [6.45, 7) is 28.0. The Morgan fingerprint density at radius 3 is 1.42 bits per heavy atom. The molecule has 0 fully saturated rings. The van der Waals surface area contributed by atoms with Gasteiger partial charge in [0.05, 0.1) is 0 Å². The summed E-state index contributed by atoms with van der Waals surface area (Å²) in [4.78, 5) is 0. The van der Waals surface area contributed by atoms with Crippen LogP contribution in [0, 0.1) is 0 Å². The number of hydrogen-bond donors (Lipinski definition) is 0. The topological polar surface area (TPSA) is 0 Å². The van der Waals surface area contributed by atoms with E-state index in [1.807, 2.05) is 0 Å². The second-order valence-corrected chi connectivity index (χ2v) is 31.9. The van der Waals surface area contributed by atoms with Gasteiger partial charge in [-0.3, -0.25) is 0 Å². The van der Waals surface area contributed by atoms with Crippen LogP contribution < -0.4 is 9.81 Å². The molecule has 250 valence electrons. The van der Waals surface area contributed by atoms with Gasteiger partial charge in [-0.1, -0.05) is 0 Å². The van der Waals surface area contributed by atoms with E-state index >= 15 is 0 Å². The third kappa shape index (κ3) is 5.57. The molecule has 0 unspecified atom stereocenters. The predicted molar refractivity (Wildman–Crippen MR) is 210 cm³/mol. The average molecular weight is 714 g/mol. The summed E-state index contributed by atoms with van der Waals surface area (Å²) in [5.74, 6) is 0. The molecule has 0 aromatic heterocycles. The monoisotopic (exact) mass is 712 g/mol. The van der Waals surface area contributed by atoms with Crippen molar-refractivity contribution in [3.05, 3.63) is 134 Å². The van der Waals surface area contributed by atoms with Crippen LogP contribution in [0.4, 0.5) is 0 Å². The van der Waals surface area contributed by atoms with Crippen molar-refractivity contribution in [1.82, 2.24) is 0 Å². The van der Waals surface area contributed by atoms with Gasteiger partial charge < -0.3 is 0 Å². The van der Waals surface area contributed by atoms with Crippen molar-refractivity contribution in [3.63, 3.8) is 0 Å². The Kier molecular flexibility index (Phi) is 8.24. The number of fused-ring (bicyclic) bond motifs is 3. The molecule has 0 heterocycles. The third-order valence-corrected chi connectivity index (χ3v) is 27.9. The number of rotatable bonds is 4. The van der Waals surface area contributed by atoms with Crippen molar-refractivity contribution in [1.29, 1.82) is 0 Å². The first-order chi connectivity index (χ1) is 22.1. The molecular weight excluding hydrogens is 656 g/mol. The minimum atomic E-state index is -4.88. The van der Waals surface area contributed by atoms with Crippen molar-refractivity contribution in [3.8, 4) is 11.1 Å². The van der Waals surface area contributed by atoms with Gasteiger partial charge in [0.15, 0.2) is 0 Å². The number of allylic oxidation sites excluding steroid dienone is 4. The number of benzene rings is 4. The van der Waals surface area contributed by atoms with E-state index < -0.39 is 18.3 Å². The van der Waals surface area contributed by atoms with Crippen LogP contribution in [0.2, 0.25) is 0 Å². The molecule has 48 heavy (non-hydrogen) atoms. The zero-order chi connectivity index (χ0) is 35.1. The van der Waals surface area contributed by atoms with Crippen LogP contribution in [0.1, 0.15) is 123 Å². The van der Waals surface area contributed by atoms with Crippen molar-refractivity contribution < 1.29 is 18.3 Å². The van der Waals surface area contributed by atoms with E-state index in [9.17, 15) is 0 Å². The molecule has 0 N–H and O–H groups in total. The van der Waals surface area contributed by atoms with Gasteiger partial charge >= 0.3 is 295 Å². The fourth-order valence-electron chi connectivity index (χ4n) is 8.22. The van der Waals surface area contributed by atoms with Crippen LogP contribution in [0.15, 0.2) is 100 Å². The van der Waals surface area contributed by atoms with E-state index in [1.165, 1.54) is 57.6 Å². The normalized spacial score (nSPS) is 15.4. The van der Waals surface area contributed by atoms with Gasteiger partial charge in [0, 0.05) is 0 Å². The summed E-state index contributed by atoms with van der Waals surface area (Å²) in [7, 11) is 0. The van der Waals surface area contributed by atoms with Crippen molar-refractivity contribution in [2.75, 3.05) is 0 Å². The third-order valence-electron chi connectivity index (χ3n) is 11.6. The van der Waals surface area contributed by atoms with Crippen LogP contribution in [-0.2, 0) is 46.4 Å². The first kappa shape index (κ1) is 35.0. The summed E-state index contributed by atoms with van der Waals surface area (Å²) in [5.41, 5.74) is 11.5. The standard InChI is InChI=1S/C21H25.2C10H13.C5H5.CH2.Zr/c1-20(2,3)16-9-7-14-11-15-8-10-17(21(4,5)6)13-19(15)18(14)12-16;2*1-10(2,3)9-7-5-4-6-8-9;1-2-4-5-3-1;;/h7,9-10,12-13H,11H2,1-6H3;2*5-8H,1-3H3;1-3H,4H2;1H2;. The first-order valence-electron chi connectivity index (χ1n) is 18.1. The Morgan fingerprint density at radius 2 is 0.979 bits per heavy atom. The van der Waals surface area contributed by atoms with Crippen molar-refractivity contribution in [2.45, 2.75) is 118 Å². The molecule has 0 nitrogen and oxygen atoms in total. The molecular formula is C47H58Zr. The zero-order valence-electron chi connectivity index (χ0n) is 31.9. The number of hydrogen-bond acceptors (Lipinski definition) is 0. The SMILES string of the molecule is [CH2]=[Zr]([C]1=CC=CC1)([c]1ccc(C(C)(C)C)cc1)([c]1ccc(C(C)(C)C)cc1)[c]1cc(C(C)(C)C)cc2c1Cc1ccc(C(C)(C)C)cc1-2. The van der Waals surface area contributed by atoms with Gasteiger partial charge in [0.2, 0.25) is 0 Å². The van der Waals surface area contributed by atoms with Gasteiger partial charge in [-0.2, -0.15) is 0 Å². The molecule has 0 atom stereocenters. The Morgan fingerprint density at radius 1 is 0.521 bits per heavy atom. The van der Waals surface area contributed by atoms with Gasteiger partial charge in [-0.25, -0.2) is 0 Å². The molecule has 0 spiro atoms. The summed E-state index contributed by atoms with van der Waals surface area (Å²) < 4.78 is 11.7. The summed E-state index contributed by atoms with van der Waals surface area (Å²) >= 11 is -4.88. The molecule has 0 bridgehead atoms. The zero-order valence-corrected chi connectivity index (χ0v) is 34.3. The van der Waals surface area contributed by atoms with Crippen LogP contribution in [-0.4, -0.2) is 4.21 Å². The molecule has 1 heteroatoms. The van der Waals surface area contributed by atoms with Crippen molar-refractivity contribution in [2.24, 2.45) is 0 Å². The van der Waals surface area contributed by atoms with Gasteiger partial charge in [0.25, 0.3) is 0 Å². The maximum atomic E-state index is 5.80. The van der Waals surface area contributed by atoms with Gasteiger partial charge in [-0.15, -0.1) is 0 Å². The fourth-order valence-corrected chi connectivity index (χ4v) is 23.6. The van der Waals surface area contributed by atoms with Gasteiger partial charge in [0.1, 0.15) is 0 Å². The van der Waals surface area contributed by atoms with Crippen LogP contribution >= 0.6 is 0 Å². The molecule has 4 aromatic carbocycles. The second kappa shape index (κ2) is 11.3. The molecule has 2 aliphatic rings. The van der Waals surface area contributed by atoms with Crippen molar-refractivity contribution >= 4 is 14.0 Å². The predicted octanol–water partition coefficient (Wildman–Crippen LogP) is 10.7. The Balaban J connectivity index is 1.79. The van der Waals surface area contributed by atoms with Crippen LogP contribution in [0.5, 0.6) is 0 Å².